The van der Waals surface area contributed by atoms with Crippen molar-refractivity contribution in [3.63, 3.8) is 0 Å². The van der Waals surface area contributed by atoms with Crippen LogP contribution in [-0.4, -0.2) is 23.8 Å². The molecule has 3 nitrogen and oxygen atoms in total. The molecule has 0 radical (unpaired) electrons. The standard InChI is InChI=1S/C4H8FNO2/c5-2-3(7)1-4(6)8/h3,7H,1-2H2,(H2,6,8). The second-order valence-corrected chi connectivity index (χ2v) is 1.48. The van der Waals surface area contributed by atoms with Crippen LogP contribution in [0.1, 0.15) is 6.42 Å². The molecule has 3 N–H and O–H groups in total. The molecule has 0 aliphatic carbocycles. The van der Waals surface area contributed by atoms with Crippen molar-refractivity contribution in [3.8, 4) is 0 Å². The summed E-state index contributed by atoms with van der Waals surface area (Å²) >= 11 is 0. The summed E-state index contributed by atoms with van der Waals surface area (Å²) < 4.78 is 11.3. The molecule has 0 aliphatic heterocycles. The molecule has 0 saturated heterocycles. The fourth-order valence-corrected chi connectivity index (χ4v) is 0.287. The van der Waals surface area contributed by atoms with E-state index in [1.807, 2.05) is 0 Å². The van der Waals surface area contributed by atoms with Crippen molar-refractivity contribution in [1.29, 1.82) is 0 Å². The van der Waals surface area contributed by atoms with E-state index in [2.05, 4.69) is 5.73 Å². The van der Waals surface area contributed by atoms with Crippen molar-refractivity contribution in [3.05, 3.63) is 0 Å². The molecule has 0 aromatic carbocycles. The number of aliphatic hydroxyl groups excluding tert-OH is 1. The lowest BCUT2D eigenvalue weighted by Crippen LogP contribution is -2.20. The van der Waals surface area contributed by atoms with Crippen LogP contribution in [0.5, 0.6) is 0 Å². The lowest BCUT2D eigenvalue weighted by atomic mass is 10.3. The van der Waals surface area contributed by atoms with Gasteiger partial charge in [-0.2, -0.15) is 0 Å². The van der Waals surface area contributed by atoms with Crippen LogP contribution in [-0.2, 0) is 4.79 Å². The first-order valence-corrected chi connectivity index (χ1v) is 2.19. The van der Waals surface area contributed by atoms with Gasteiger partial charge in [-0.1, -0.05) is 0 Å². The number of nitrogens with two attached hydrogens (primary N) is 1. The van der Waals surface area contributed by atoms with Crippen LogP contribution in [0.25, 0.3) is 0 Å². The van der Waals surface area contributed by atoms with Crippen LogP contribution < -0.4 is 5.73 Å². The third kappa shape index (κ3) is 3.55. The van der Waals surface area contributed by atoms with Crippen molar-refractivity contribution in [1.82, 2.24) is 0 Å². The van der Waals surface area contributed by atoms with Gasteiger partial charge in [0, 0.05) is 0 Å². The van der Waals surface area contributed by atoms with Crippen molar-refractivity contribution >= 4 is 5.91 Å². The number of hydrogen-bond acceptors (Lipinski definition) is 2. The first-order chi connectivity index (χ1) is 3.66. The molecule has 4 heteroatoms. The molecule has 8 heavy (non-hydrogen) atoms. The van der Waals surface area contributed by atoms with Gasteiger partial charge in [-0.3, -0.25) is 4.79 Å². The maximum atomic E-state index is 11.3. The molecule has 0 fully saturated rings. The molecule has 0 heterocycles. The van der Waals surface area contributed by atoms with Gasteiger partial charge in [0.25, 0.3) is 0 Å². The summed E-state index contributed by atoms with van der Waals surface area (Å²) in [5, 5.41) is 8.35. The predicted molar refractivity (Wildman–Crippen MR) is 25.8 cm³/mol. The van der Waals surface area contributed by atoms with E-state index < -0.39 is 18.7 Å². The number of alkyl halides is 1. The monoisotopic (exact) mass is 121 g/mol. The summed E-state index contributed by atoms with van der Waals surface area (Å²) in [4.78, 5) is 9.86. The molecule has 0 aliphatic rings. The maximum absolute atomic E-state index is 11.3. The zero-order valence-electron chi connectivity index (χ0n) is 4.30. The molecule has 0 aromatic heterocycles. The molecule has 0 saturated carbocycles. The average molecular weight is 121 g/mol. The first-order valence-electron chi connectivity index (χ1n) is 2.19. The Hall–Kier alpha value is -0.640. The van der Waals surface area contributed by atoms with Gasteiger partial charge in [0.15, 0.2) is 0 Å². The van der Waals surface area contributed by atoms with Crippen molar-refractivity contribution in [2.75, 3.05) is 6.67 Å². The highest BCUT2D eigenvalue weighted by Crippen LogP contribution is 1.88. The van der Waals surface area contributed by atoms with Gasteiger partial charge in [0.1, 0.15) is 6.67 Å². The number of rotatable bonds is 3. The summed E-state index contributed by atoms with van der Waals surface area (Å²) in [6.45, 7) is -0.914. The normalized spacial score (nSPS) is 13.2. The minimum atomic E-state index is -1.22. The number of primary amides is 1. The Kier molecular flexibility index (Phi) is 3.10. The Morgan fingerprint density at radius 1 is 1.88 bits per heavy atom. The topological polar surface area (TPSA) is 63.3 Å². The number of aliphatic hydroxyl groups is 1. The smallest absolute Gasteiger partial charge is 0.220 e. The van der Waals surface area contributed by atoms with Crippen LogP contribution in [0.15, 0.2) is 0 Å². The fourth-order valence-electron chi connectivity index (χ4n) is 0.287. The van der Waals surface area contributed by atoms with Gasteiger partial charge < -0.3 is 10.8 Å². The molecule has 1 atom stereocenters. The molecular formula is C4H8FNO2. The van der Waals surface area contributed by atoms with Gasteiger partial charge >= 0.3 is 0 Å². The molecule has 0 spiro atoms. The molecular weight excluding hydrogens is 113 g/mol. The van der Waals surface area contributed by atoms with E-state index in [0.29, 0.717) is 0 Å². The van der Waals surface area contributed by atoms with Crippen LogP contribution in [0, 0.1) is 0 Å². The molecule has 0 rings (SSSR count). The largest absolute Gasteiger partial charge is 0.390 e. The highest BCUT2D eigenvalue weighted by Gasteiger charge is 2.05. The van der Waals surface area contributed by atoms with Crippen molar-refractivity contribution in [2.24, 2.45) is 5.73 Å². The SMILES string of the molecule is NC(=O)CC(O)CF. The summed E-state index contributed by atoms with van der Waals surface area (Å²) in [5.41, 5.74) is 4.60. The van der Waals surface area contributed by atoms with Crippen LogP contribution >= 0.6 is 0 Å². The summed E-state index contributed by atoms with van der Waals surface area (Å²) in [5.74, 6) is -0.685. The molecule has 0 aromatic rings. The molecule has 0 bridgehead atoms. The summed E-state index contributed by atoms with van der Waals surface area (Å²) in [6, 6.07) is 0. The van der Waals surface area contributed by atoms with E-state index in [1.54, 1.807) is 0 Å². The highest BCUT2D eigenvalue weighted by atomic mass is 19.1. The number of carbonyl (C=O) groups excluding carboxylic acids is 1. The average Bonchev–Trinajstić information content (AvgIpc) is 1.65. The van der Waals surface area contributed by atoms with Crippen molar-refractivity contribution < 1.29 is 14.3 Å². The fraction of sp³-hybridized carbons (Fsp3) is 0.750. The zero-order valence-corrected chi connectivity index (χ0v) is 4.30. The van der Waals surface area contributed by atoms with Crippen molar-refractivity contribution in [2.45, 2.75) is 12.5 Å². The number of carbonyl (C=O) groups is 1. The Morgan fingerprint density at radius 2 is 2.38 bits per heavy atom. The summed E-state index contributed by atoms with van der Waals surface area (Å²) in [7, 11) is 0. The van der Waals surface area contributed by atoms with E-state index in [9.17, 15) is 9.18 Å². The third-order valence-electron chi connectivity index (χ3n) is 0.615. The third-order valence-corrected chi connectivity index (χ3v) is 0.615. The predicted octanol–water partition coefficient (Wildman–Crippen LogP) is -0.808. The second-order valence-electron chi connectivity index (χ2n) is 1.48. The second kappa shape index (κ2) is 3.37. The lowest BCUT2D eigenvalue weighted by Gasteiger charge is -1.98. The Bertz CT molecular complexity index is 86.1. The van der Waals surface area contributed by atoms with Gasteiger partial charge in [0.05, 0.1) is 12.5 Å². The Morgan fingerprint density at radius 3 is 2.50 bits per heavy atom. The van der Waals surface area contributed by atoms with Gasteiger partial charge in [-0.15, -0.1) is 0 Å². The van der Waals surface area contributed by atoms with E-state index in [0.717, 1.165) is 0 Å². The Labute approximate surface area is 46.3 Å². The van der Waals surface area contributed by atoms with Crippen LogP contribution in [0.2, 0.25) is 0 Å². The van der Waals surface area contributed by atoms with Crippen LogP contribution in [0.3, 0.4) is 0 Å². The van der Waals surface area contributed by atoms with E-state index in [-0.39, 0.29) is 6.42 Å². The van der Waals surface area contributed by atoms with Gasteiger partial charge in [0.2, 0.25) is 5.91 Å². The van der Waals surface area contributed by atoms with Crippen LogP contribution in [0.4, 0.5) is 4.39 Å². The summed E-state index contributed by atoms with van der Waals surface area (Å²) in [6.07, 6.45) is -1.51. The molecule has 1 unspecified atom stereocenters. The van der Waals surface area contributed by atoms with Gasteiger partial charge in [-0.25, -0.2) is 4.39 Å². The minimum Gasteiger partial charge on any atom is -0.390 e. The highest BCUT2D eigenvalue weighted by molar-refractivity contribution is 5.74. The quantitative estimate of drug-likeness (QED) is 0.513. The first kappa shape index (κ1) is 7.36. The molecule has 1 amide bonds. The van der Waals surface area contributed by atoms with E-state index in [4.69, 9.17) is 5.11 Å². The minimum absolute atomic E-state index is 0.295. The van der Waals surface area contributed by atoms with E-state index in [1.165, 1.54) is 0 Å². The zero-order chi connectivity index (χ0) is 6.57. The molecule has 48 valence electrons. The number of amides is 1. The Balaban J connectivity index is 3.24. The van der Waals surface area contributed by atoms with Gasteiger partial charge in [-0.05, 0) is 0 Å². The number of halogens is 1. The number of hydrogen-bond donors (Lipinski definition) is 2. The van der Waals surface area contributed by atoms with E-state index >= 15 is 0 Å². The maximum Gasteiger partial charge on any atom is 0.220 e. The lowest BCUT2D eigenvalue weighted by molar-refractivity contribution is -0.120.